The maximum absolute atomic E-state index is 5.46. The molecule has 1 heterocycles. The zero-order valence-electron chi connectivity index (χ0n) is 11.9. The SMILES string of the molecule is CCNCC(=CC1CCOCC1)C1CCCCC1. The lowest BCUT2D eigenvalue weighted by Gasteiger charge is -2.27. The van der Waals surface area contributed by atoms with Crippen LogP contribution in [0.15, 0.2) is 11.6 Å². The lowest BCUT2D eigenvalue weighted by atomic mass is 9.81. The third-order valence-electron chi connectivity index (χ3n) is 4.42. The fourth-order valence-electron chi connectivity index (χ4n) is 3.27. The molecule has 1 saturated carbocycles. The zero-order valence-corrected chi connectivity index (χ0v) is 11.9. The van der Waals surface area contributed by atoms with E-state index in [1.54, 1.807) is 5.57 Å². The van der Waals surface area contributed by atoms with Crippen molar-refractivity contribution in [3.8, 4) is 0 Å². The quantitative estimate of drug-likeness (QED) is 0.755. The zero-order chi connectivity index (χ0) is 12.6. The first-order valence-corrected chi connectivity index (χ1v) is 7.89. The first kappa shape index (κ1) is 14.1. The molecule has 0 aromatic heterocycles. The maximum atomic E-state index is 5.46. The van der Waals surface area contributed by atoms with Crippen LogP contribution in [0, 0.1) is 11.8 Å². The number of allylic oxidation sites excluding steroid dienone is 1. The van der Waals surface area contributed by atoms with Gasteiger partial charge in [-0.3, -0.25) is 0 Å². The molecule has 2 aliphatic rings. The van der Waals surface area contributed by atoms with Crippen LogP contribution in [0.3, 0.4) is 0 Å². The summed E-state index contributed by atoms with van der Waals surface area (Å²) in [7, 11) is 0. The highest BCUT2D eigenvalue weighted by molar-refractivity contribution is 5.12. The van der Waals surface area contributed by atoms with Gasteiger partial charge in [-0.05, 0) is 44.1 Å². The van der Waals surface area contributed by atoms with Gasteiger partial charge in [0.2, 0.25) is 0 Å². The second-order valence-corrected chi connectivity index (χ2v) is 5.81. The van der Waals surface area contributed by atoms with Gasteiger partial charge in [0.05, 0.1) is 0 Å². The van der Waals surface area contributed by atoms with Crippen molar-refractivity contribution < 1.29 is 4.74 Å². The van der Waals surface area contributed by atoms with Gasteiger partial charge in [-0.15, -0.1) is 0 Å². The van der Waals surface area contributed by atoms with Gasteiger partial charge in [-0.25, -0.2) is 0 Å². The molecule has 2 heteroatoms. The van der Waals surface area contributed by atoms with E-state index in [9.17, 15) is 0 Å². The number of ether oxygens (including phenoxy) is 1. The second kappa shape index (κ2) is 7.96. The predicted molar refractivity (Wildman–Crippen MR) is 76.7 cm³/mol. The molecule has 0 bridgehead atoms. The molecule has 2 rings (SSSR count). The van der Waals surface area contributed by atoms with Crippen LogP contribution in [0.1, 0.15) is 51.9 Å². The molecule has 0 spiro atoms. The highest BCUT2D eigenvalue weighted by Gasteiger charge is 2.20. The lowest BCUT2D eigenvalue weighted by molar-refractivity contribution is 0.0781. The van der Waals surface area contributed by atoms with E-state index >= 15 is 0 Å². The van der Waals surface area contributed by atoms with Crippen molar-refractivity contribution in [2.45, 2.75) is 51.9 Å². The smallest absolute Gasteiger partial charge is 0.0471 e. The van der Waals surface area contributed by atoms with E-state index in [1.807, 2.05) is 0 Å². The molecule has 0 unspecified atom stereocenters. The van der Waals surface area contributed by atoms with Crippen LogP contribution >= 0.6 is 0 Å². The van der Waals surface area contributed by atoms with Crippen molar-refractivity contribution in [1.29, 1.82) is 0 Å². The fourth-order valence-corrected chi connectivity index (χ4v) is 3.27. The highest BCUT2D eigenvalue weighted by atomic mass is 16.5. The Morgan fingerprint density at radius 2 is 1.83 bits per heavy atom. The first-order valence-electron chi connectivity index (χ1n) is 7.89. The summed E-state index contributed by atoms with van der Waals surface area (Å²) in [6, 6.07) is 0. The summed E-state index contributed by atoms with van der Waals surface area (Å²) in [6.07, 6.45) is 12.2. The van der Waals surface area contributed by atoms with Crippen LogP contribution in [-0.2, 0) is 4.74 Å². The van der Waals surface area contributed by atoms with Crippen molar-refractivity contribution in [3.63, 3.8) is 0 Å². The van der Waals surface area contributed by atoms with Gasteiger partial charge in [-0.1, -0.05) is 37.8 Å². The largest absolute Gasteiger partial charge is 0.381 e. The number of hydrogen-bond donors (Lipinski definition) is 1. The van der Waals surface area contributed by atoms with Gasteiger partial charge in [0.1, 0.15) is 0 Å². The Labute approximate surface area is 112 Å². The molecular weight excluding hydrogens is 222 g/mol. The van der Waals surface area contributed by atoms with Crippen molar-refractivity contribution >= 4 is 0 Å². The molecule has 1 aliphatic heterocycles. The number of nitrogens with one attached hydrogen (secondary N) is 1. The Hall–Kier alpha value is -0.340. The Bertz CT molecular complexity index is 250. The Morgan fingerprint density at radius 1 is 1.11 bits per heavy atom. The Kier molecular flexibility index (Phi) is 6.22. The third-order valence-corrected chi connectivity index (χ3v) is 4.42. The molecule has 1 N–H and O–H groups in total. The van der Waals surface area contributed by atoms with Crippen LogP contribution in [0.5, 0.6) is 0 Å². The predicted octanol–water partition coefficient (Wildman–Crippen LogP) is 3.53. The van der Waals surface area contributed by atoms with Crippen LogP contribution < -0.4 is 5.32 Å². The minimum absolute atomic E-state index is 0.773. The molecular formula is C16H29NO. The molecule has 1 saturated heterocycles. The van der Waals surface area contributed by atoms with E-state index in [4.69, 9.17) is 4.74 Å². The van der Waals surface area contributed by atoms with Crippen LogP contribution in [0.2, 0.25) is 0 Å². The van der Waals surface area contributed by atoms with E-state index in [0.29, 0.717) is 0 Å². The average molecular weight is 251 g/mol. The summed E-state index contributed by atoms with van der Waals surface area (Å²) in [5.41, 5.74) is 1.70. The van der Waals surface area contributed by atoms with Gasteiger partial charge in [0, 0.05) is 19.8 Å². The Morgan fingerprint density at radius 3 is 2.50 bits per heavy atom. The van der Waals surface area contributed by atoms with Crippen LogP contribution in [-0.4, -0.2) is 26.3 Å². The van der Waals surface area contributed by atoms with Crippen molar-refractivity contribution in [3.05, 3.63) is 11.6 Å². The van der Waals surface area contributed by atoms with Gasteiger partial charge in [0.15, 0.2) is 0 Å². The molecule has 0 radical (unpaired) electrons. The average Bonchev–Trinajstić information content (AvgIpc) is 2.45. The minimum Gasteiger partial charge on any atom is -0.381 e. The van der Waals surface area contributed by atoms with E-state index in [-0.39, 0.29) is 0 Å². The first-order chi connectivity index (χ1) is 8.90. The molecule has 1 aliphatic carbocycles. The summed E-state index contributed by atoms with van der Waals surface area (Å²) < 4.78 is 5.46. The standard InChI is InChI=1S/C16H29NO/c1-2-17-13-16(15-6-4-3-5-7-15)12-14-8-10-18-11-9-14/h12,14-15,17H,2-11,13H2,1H3. The topological polar surface area (TPSA) is 21.3 Å². The third kappa shape index (κ3) is 4.40. The molecule has 0 aromatic rings. The molecule has 104 valence electrons. The fraction of sp³-hybridized carbons (Fsp3) is 0.875. The van der Waals surface area contributed by atoms with Gasteiger partial charge >= 0.3 is 0 Å². The van der Waals surface area contributed by atoms with Crippen LogP contribution in [0.4, 0.5) is 0 Å². The normalized spacial score (nSPS) is 24.4. The number of likely N-dealkylation sites (N-methyl/N-ethyl adjacent to an activating group) is 1. The summed E-state index contributed by atoms with van der Waals surface area (Å²) in [4.78, 5) is 0. The summed E-state index contributed by atoms with van der Waals surface area (Å²) in [5.74, 6) is 1.63. The van der Waals surface area contributed by atoms with Crippen molar-refractivity contribution in [1.82, 2.24) is 5.32 Å². The van der Waals surface area contributed by atoms with Crippen LogP contribution in [0.25, 0.3) is 0 Å². The lowest BCUT2D eigenvalue weighted by Crippen LogP contribution is -2.24. The minimum atomic E-state index is 0.773. The molecule has 0 aromatic carbocycles. The van der Waals surface area contributed by atoms with E-state index in [2.05, 4.69) is 18.3 Å². The van der Waals surface area contributed by atoms with E-state index in [1.165, 1.54) is 44.9 Å². The molecule has 2 fully saturated rings. The number of rotatable bonds is 5. The summed E-state index contributed by atoms with van der Waals surface area (Å²) in [6.45, 7) is 6.31. The Balaban J connectivity index is 1.95. The highest BCUT2D eigenvalue weighted by Crippen LogP contribution is 2.31. The van der Waals surface area contributed by atoms with Gasteiger partial charge < -0.3 is 10.1 Å². The van der Waals surface area contributed by atoms with E-state index in [0.717, 1.165) is 38.1 Å². The number of hydrogen-bond acceptors (Lipinski definition) is 2. The molecule has 0 amide bonds. The maximum Gasteiger partial charge on any atom is 0.0471 e. The van der Waals surface area contributed by atoms with Gasteiger partial charge in [-0.2, -0.15) is 0 Å². The van der Waals surface area contributed by atoms with Crippen molar-refractivity contribution in [2.75, 3.05) is 26.3 Å². The summed E-state index contributed by atoms with van der Waals surface area (Å²) in [5, 5.41) is 3.54. The second-order valence-electron chi connectivity index (χ2n) is 5.81. The molecule has 18 heavy (non-hydrogen) atoms. The summed E-state index contributed by atoms with van der Waals surface area (Å²) >= 11 is 0. The van der Waals surface area contributed by atoms with Gasteiger partial charge in [0.25, 0.3) is 0 Å². The molecule has 2 nitrogen and oxygen atoms in total. The van der Waals surface area contributed by atoms with E-state index < -0.39 is 0 Å². The molecule has 0 atom stereocenters. The van der Waals surface area contributed by atoms with Crippen molar-refractivity contribution in [2.24, 2.45) is 11.8 Å². The monoisotopic (exact) mass is 251 g/mol.